The van der Waals surface area contributed by atoms with Gasteiger partial charge in [-0.25, -0.2) is 0 Å². The Balaban J connectivity index is 1.74. The van der Waals surface area contributed by atoms with Crippen molar-refractivity contribution >= 4 is 10.8 Å². The van der Waals surface area contributed by atoms with Gasteiger partial charge in [0.25, 0.3) is 0 Å². The van der Waals surface area contributed by atoms with E-state index in [2.05, 4.69) is 72.9 Å². The summed E-state index contributed by atoms with van der Waals surface area (Å²) < 4.78 is 0. The van der Waals surface area contributed by atoms with E-state index in [0.717, 1.165) is 13.1 Å². The van der Waals surface area contributed by atoms with Crippen molar-refractivity contribution < 1.29 is 0 Å². The summed E-state index contributed by atoms with van der Waals surface area (Å²) in [5.74, 6) is 0.700. The van der Waals surface area contributed by atoms with E-state index in [1.807, 2.05) is 0 Å². The second kappa shape index (κ2) is 5.01. The lowest BCUT2D eigenvalue weighted by molar-refractivity contribution is 0.449. The molecule has 1 N–H and O–H groups in total. The van der Waals surface area contributed by atoms with E-state index >= 15 is 0 Å². The highest BCUT2D eigenvalue weighted by Crippen LogP contribution is 2.28. The monoisotopic (exact) mass is 273 g/mol. The maximum Gasteiger partial charge on any atom is 0.00887 e. The molecule has 1 heterocycles. The van der Waals surface area contributed by atoms with E-state index in [-0.39, 0.29) is 0 Å². The van der Waals surface area contributed by atoms with Crippen LogP contribution in [-0.4, -0.2) is 13.1 Å². The SMILES string of the molecule is Cc1ccc(-c2ccc3cc(C4CNC4)ccc3c2)cc1. The molecule has 21 heavy (non-hydrogen) atoms. The minimum atomic E-state index is 0.700. The zero-order valence-corrected chi connectivity index (χ0v) is 12.3. The molecule has 1 saturated heterocycles. The molecule has 0 unspecified atom stereocenters. The van der Waals surface area contributed by atoms with Crippen molar-refractivity contribution in [2.45, 2.75) is 12.8 Å². The smallest absolute Gasteiger partial charge is 0.00887 e. The predicted octanol–water partition coefficient (Wildman–Crippen LogP) is 4.50. The minimum Gasteiger partial charge on any atom is -0.315 e. The standard InChI is InChI=1S/C20H19N/c1-14-2-4-15(5-3-14)16-6-7-18-11-19(20-12-21-13-20)9-8-17(18)10-16/h2-11,20-21H,12-13H2,1H3. The van der Waals surface area contributed by atoms with E-state index in [1.165, 1.54) is 33.0 Å². The summed E-state index contributed by atoms with van der Waals surface area (Å²) in [5, 5.41) is 6.01. The Hall–Kier alpha value is -2.12. The number of rotatable bonds is 2. The molecular formula is C20H19N. The van der Waals surface area contributed by atoms with Gasteiger partial charge in [0.1, 0.15) is 0 Å². The number of fused-ring (bicyclic) bond motifs is 1. The Morgan fingerprint density at radius 2 is 1.43 bits per heavy atom. The van der Waals surface area contributed by atoms with Gasteiger partial charge in [-0.3, -0.25) is 0 Å². The summed E-state index contributed by atoms with van der Waals surface area (Å²) in [4.78, 5) is 0. The van der Waals surface area contributed by atoms with Gasteiger partial charge in [0, 0.05) is 19.0 Å². The summed E-state index contributed by atoms with van der Waals surface area (Å²) in [6.45, 7) is 4.36. The van der Waals surface area contributed by atoms with Crippen LogP contribution in [0.5, 0.6) is 0 Å². The molecule has 0 bridgehead atoms. The highest BCUT2D eigenvalue weighted by molar-refractivity contribution is 5.88. The number of aryl methyl sites for hydroxylation is 1. The summed E-state index contributed by atoms with van der Waals surface area (Å²) in [6.07, 6.45) is 0. The van der Waals surface area contributed by atoms with Gasteiger partial charge in [-0.05, 0) is 40.5 Å². The third-order valence-corrected chi connectivity index (χ3v) is 4.50. The minimum absolute atomic E-state index is 0.700. The average molecular weight is 273 g/mol. The van der Waals surface area contributed by atoms with Crippen LogP contribution in [0.1, 0.15) is 17.0 Å². The fourth-order valence-corrected chi connectivity index (χ4v) is 2.97. The fourth-order valence-electron chi connectivity index (χ4n) is 2.97. The highest BCUT2D eigenvalue weighted by atomic mass is 14.9. The fraction of sp³-hybridized carbons (Fsp3) is 0.200. The van der Waals surface area contributed by atoms with Crippen molar-refractivity contribution in [3.05, 3.63) is 71.8 Å². The van der Waals surface area contributed by atoms with Crippen LogP contribution in [0, 0.1) is 6.92 Å². The van der Waals surface area contributed by atoms with E-state index in [9.17, 15) is 0 Å². The predicted molar refractivity (Wildman–Crippen MR) is 89.7 cm³/mol. The van der Waals surface area contributed by atoms with E-state index in [4.69, 9.17) is 0 Å². The van der Waals surface area contributed by atoms with E-state index in [1.54, 1.807) is 0 Å². The molecule has 104 valence electrons. The van der Waals surface area contributed by atoms with Gasteiger partial charge in [0.15, 0.2) is 0 Å². The molecule has 0 spiro atoms. The van der Waals surface area contributed by atoms with Gasteiger partial charge in [-0.15, -0.1) is 0 Å². The summed E-state index contributed by atoms with van der Waals surface area (Å²) >= 11 is 0. The lowest BCUT2D eigenvalue weighted by Gasteiger charge is -2.27. The molecule has 3 aromatic carbocycles. The zero-order valence-electron chi connectivity index (χ0n) is 12.3. The molecular weight excluding hydrogens is 254 g/mol. The molecule has 1 fully saturated rings. The van der Waals surface area contributed by atoms with Crippen molar-refractivity contribution in [1.29, 1.82) is 0 Å². The second-order valence-corrected chi connectivity index (χ2v) is 6.04. The summed E-state index contributed by atoms with van der Waals surface area (Å²) in [5.41, 5.74) is 5.35. The van der Waals surface area contributed by atoms with Gasteiger partial charge < -0.3 is 5.32 Å². The Morgan fingerprint density at radius 3 is 2.14 bits per heavy atom. The maximum atomic E-state index is 3.34. The molecule has 0 aliphatic carbocycles. The first-order valence-corrected chi connectivity index (χ1v) is 7.61. The zero-order chi connectivity index (χ0) is 14.2. The molecule has 1 heteroatoms. The molecule has 0 aromatic heterocycles. The maximum absolute atomic E-state index is 3.34. The van der Waals surface area contributed by atoms with E-state index < -0.39 is 0 Å². The third-order valence-electron chi connectivity index (χ3n) is 4.50. The first kappa shape index (κ1) is 12.6. The number of hydrogen-bond donors (Lipinski definition) is 1. The molecule has 1 nitrogen and oxygen atoms in total. The first-order valence-electron chi connectivity index (χ1n) is 7.61. The lowest BCUT2D eigenvalue weighted by atomic mass is 9.91. The van der Waals surface area contributed by atoms with Crippen molar-refractivity contribution in [1.82, 2.24) is 5.32 Å². The number of nitrogens with one attached hydrogen (secondary N) is 1. The van der Waals surface area contributed by atoms with Gasteiger partial charge in [-0.2, -0.15) is 0 Å². The van der Waals surface area contributed by atoms with Gasteiger partial charge >= 0.3 is 0 Å². The number of hydrogen-bond acceptors (Lipinski definition) is 1. The molecule has 0 atom stereocenters. The van der Waals surface area contributed by atoms with Gasteiger partial charge in [0.05, 0.1) is 0 Å². The number of benzene rings is 3. The van der Waals surface area contributed by atoms with Crippen molar-refractivity contribution in [3.8, 4) is 11.1 Å². The van der Waals surface area contributed by atoms with E-state index in [0.29, 0.717) is 5.92 Å². The molecule has 3 aromatic rings. The van der Waals surface area contributed by atoms with Crippen molar-refractivity contribution in [2.24, 2.45) is 0 Å². The molecule has 0 radical (unpaired) electrons. The van der Waals surface area contributed by atoms with Crippen LogP contribution in [0.2, 0.25) is 0 Å². The molecule has 1 aliphatic heterocycles. The van der Waals surface area contributed by atoms with Crippen molar-refractivity contribution in [2.75, 3.05) is 13.1 Å². The average Bonchev–Trinajstić information content (AvgIpc) is 2.46. The van der Waals surface area contributed by atoms with Gasteiger partial charge in [0.2, 0.25) is 0 Å². The van der Waals surface area contributed by atoms with Crippen molar-refractivity contribution in [3.63, 3.8) is 0 Å². The summed E-state index contributed by atoms with van der Waals surface area (Å²) in [7, 11) is 0. The van der Waals surface area contributed by atoms with Crippen LogP contribution >= 0.6 is 0 Å². The van der Waals surface area contributed by atoms with Gasteiger partial charge in [-0.1, -0.05) is 60.2 Å². The van der Waals surface area contributed by atoms with Crippen LogP contribution in [0.15, 0.2) is 60.7 Å². The molecule has 1 aliphatic rings. The molecule has 4 rings (SSSR count). The first-order chi connectivity index (χ1) is 10.3. The quantitative estimate of drug-likeness (QED) is 0.724. The third kappa shape index (κ3) is 2.34. The van der Waals surface area contributed by atoms with Crippen LogP contribution < -0.4 is 5.32 Å². The Morgan fingerprint density at radius 1 is 0.762 bits per heavy atom. The molecule has 0 saturated carbocycles. The van der Waals surface area contributed by atoms with Crippen LogP contribution in [0.3, 0.4) is 0 Å². The Kier molecular flexibility index (Phi) is 3.01. The normalized spacial score (nSPS) is 15.1. The van der Waals surface area contributed by atoms with Crippen LogP contribution in [0.25, 0.3) is 21.9 Å². The topological polar surface area (TPSA) is 12.0 Å². The summed E-state index contributed by atoms with van der Waals surface area (Å²) in [6, 6.07) is 22.4. The highest BCUT2D eigenvalue weighted by Gasteiger charge is 2.18. The lowest BCUT2D eigenvalue weighted by Crippen LogP contribution is -2.39. The molecule has 0 amide bonds. The second-order valence-electron chi connectivity index (χ2n) is 6.04. The van der Waals surface area contributed by atoms with Crippen LogP contribution in [0.4, 0.5) is 0 Å². The Bertz CT molecular complexity index is 783. The largest absolute Gasteiger partial charge is 0.315 e. The van der Waals surface area contributed by atoms with Crippen LogP contribution in [-0.2, 0) is 0 Å². The Labute approximate surface area is 125 Å².